The maximum Gasteiger partial charge on any atom is 0.231 e. The molecule has 1 heterocycles. The molecule has 0 saturated heterocycles. The summed E-state index contributed by atoms with van der Waals surface area (Å²) in [4.78, 5) is 13.5. The summed E-state index contributed by atoms with van der Waals surface area (Å²) in [5, 5.41) is 12.3. The van der Waals surface area contributed by atoms with E-state index >= 15 is 0 Å². The van der Waals surface area contributed by atoms with Crippen LogP contribution >= 0.6 is 11.6 Å². The van der Waals surface area contributed by atoms with Crippen molar-refractivity contribution in [2.75, 3.05) is 14.1 Å². The summed E-state index contributed by atoms with van der Waals surface area (Å²) < 4.78 is 19.5. The van der Waals surface area contributed by atoms with Crippen LogP contribution < -0.4 is 14.7 Å². The Morgan fingerprint density at radius 3 is 2.71 bits per heavy atom. The monoisotopic (exact) mass is 347 g/mol. The third kappa shape index (κ3) is 2.88. The summed E-state index contributed by atoms with van der Waals surface area (Å²) >= 11 is 5.99. The van der Waals surface area contributed by atoms with Gasteiger partial charge in [0, 0.05) is 11.1 Å². The molecule has 0 spiro atoms. The first kappa shape index (κ1) is 16.5. The molecule has 0 bridgehead atoms. The zero-order valence-corrected chi connectivity index (χ0v) is 13.9. The fraction of sp³-hybridized carbons (Fsp3) is 0.167. The molecule has 0 atom stereocenters. The minimum Gasteiger partial charge on any atom is -0.872 e. The Kier molecular flexibility index (Phi) is 4.30. The summed E-state index contributed by atoms with van der Waals surface area (Å²) in [7, 11) is 3.79. The Hall–Kier alpha value is -2.37. The molecular weight excluding hydrogens is 333 g/mol. The second-order valence-corrected chi connectivity index (χ2v) is 6.29. The second-order valence-electron chi connectivity index (χ2n) is 5.88. The van der Waals surface area contributed by atoms with Crippen molar-refractivity contribution in [2.45, 2.75) is 6.54 Å². The third-order valence-electron chi connectivity index (χ3n) is 3.70. The SMILES string of the molecule is C[NH+](C)Cc1c([O-])ccc2c1OC(=Cc1c(F)cccc1Cl)C2=O. The number of Topliss-reactive ketones (excluding diaryl/α,β-unsaturated/α-hetero) is 1. The van der Waals surface area contributed by atoms with E-state index in [2.05, 4.69) is 0 Å². The van der Waals surface area contributed by atoms with E-state index in [9.17, 15) is 14.3 Å². The molecular formula is C18H15ClFNO3. The van der Waals surface area contributed by atoms with Crippen LogP contribution in [-0.2, 0) is 6.54 Å². The highest BCUT2D eigenvalue weighted by molar-refractivity contribution is 6.32. The molecule has 0 aromatic heterocycles. The second kappa shape index (κ2) is 6.26. The molecule has 0 fully saturated rings. The lowest BCUT2D eigenvalue weighted by atomic mass is 10.0. The summed E-state index contributed by atoms with van der Waals surface area (Å²) in [5.74, 6) is -0.915. The Labute approximate surface area is 143 Å². The normalized spacial score (nSPS) is 15.0. The molecule has 4 nitrogen and oxygen atoms in total. The zero-order valence-electron chi connectivity index (χ0n) is 13.2. The van der Waals surface area contributed by atoms with Crippen LogP contribution in [0.1, 0.15) is 21.5 Å². The number of carbonyl (C=O) groups excluding carboxylic acids is 1. The summed E-state index contributed by atoms with van der Waals surface area (Å²) in [6.07, 6.45) is 1.27. The predicted octanol–water partition coefficient (Wildman–Crippen LogP) is 1.81. The molecule has 24 heavy (non-hydrogen) atoms. The van der Waals surface area contributed by atoms with Gasteiger partial charge in [-0.25, -0.2) is 4.39 Å². The first-order valence-electron chi connectivity index (χ1n) is 7.38. The number of allylic oxidation sites excluding steroid dienone is 1. The molecule has 124 valence electrons. The van der Waals surface area contributed by atoms with Crippen molar-refractivity contribution in [3.63, 3.8) is 0 Å². The molecule has 0 aliphatic carbocycles. The number of rotatable bonds is 3. The average Bonchev–Trinajstić information content (AvgIpc) is 2.82. The third-order valence-corrected chi connectivity index (χ3v) is 4.03. The molecule has 1 N–H and O–H groups in total. The average molecular weight is 348 g/mol. The first-order chi connectivity index (χ1) is 11.4. The van der Waals surface area contributed by atoms with Gasteiger partial charge in [0.15, 0.2) is 5.76 Å². The van der Waals surface area contributed by atoms with E-state index in [1.54, 1.807) is 0 Å². The largest absolute Gasteiger partial charge is 0.872 e. The van der Waals surface area contributed by atoms with Crippen LogP contribution in [0.2, 0.25) is 5.02 Å². The van der Waals surface area contributed by atoms with Gasteiger partial charge in [0.2, 0.25) is 5.78 Å². The van der Waals surface area contributed by atoms with E-state index < -0.39 is 5.82 Å². The van der Waals surface area contributed by atoms with Crippen LogP contribution in [0.4, 0.5) is 4.39 Å². The maximum atomic E-state index is 13.9. The van der Waals surface area contributed by atoms with E-state index in [4.69, 9.17) is 16.3 Å². The van der Waals surface area contributed by atoms with E-state index in [1.807, 2.05) is 14.1 Å². The number of quaternary nitrogens is 1. The Morgan fingerprint density at radius 2 is 2.04 bits per heavy atom. The predicted molar refractivity (Wildman–Crippen MR) is 86.7 cm³/mol. The molecule has 1 aliphatic heterocycles. The van der Waals surface area contributed by atoms with E-state index in [0.29, 0.717) is 17.7 Å². The molecule has 0 unspecified atom stereocenters. The standard InChI is InChI=1S/C18H15ClFNO3/c1-21(2)9-12-15(22)7-6-10-17(23)16(24-18(10)12)8-11-13(19)4-3-5-14(11)20/h3-8,22H,9H2,1-2H3. The maximum absolute atomic E-state index is 13.9. The number of fused-ring (bicyclic) bond motifs is 1. The fourth-order valence-corrected chi connectivity index (χ4v) is 2.81. The highest BCUT2D eigenvalue weighted by Gasteiger charge is 2.30. The van der Waals surface area contributed by atoms with Crippen LogP contribution in [-0.4, -0.2) is 19.9 Å². The quantitative estimate of drug-likeness (QED) is 0.862. The Bertz CT molecular complexity index is 841. The lowest BCUT2D eigenvalue weighted by molar-refractivity contribution is -0.872. The minimum atomic E-state index is -0.551. The van der Waals surface area contributed by atoms with Crippen molar-refractivity contribution >= 4 is 23.5 Å². The molecule has 0 saturated carbocycles. The highest BCUT2D eigenvalue weighted by Crippen LogP contribution is 2.38. The Morgan fingerprint density at radius 1 is 1.29 bits per heavy atom. The van der Waals surface area contributed by atoms with Gasteiger partial charge in [-0.3, -0.25) is 4.79 Å². The molecule has 0 amide bonds. The summed E-state index contributed by atoms with van der Waals surface area (Å²) in [5.41, 5.74) is 0.825. The number of hydrogen-bond acceptors (Lipinski definition) is 3. The molecule has 0 radical (unpaired) electrons. The van der Waals surface area contributed by atoms with Crippen LogP contribution in [0.5, 0.6) is 11.5 Å². The molecule has 3 rings (SSSR count). The van der Waals surface area contributed by atoms with E-state index in [0.717, 1.165) is 4.90 Å². The summed E-state index contributed by atoms with van der Waals surface area (Å²) in [6.45, 7) is 0.420. The topological polar surface area (TPSA) is 53.8 Å². The van der Waals surface area contributed by atoms with E-state index in [1.165, 1.54) is 36.4 Å². The zero-order chi connectivity index (χ0) is 17.4. The fourth-order valence-electron chi connectivity index (χ4n) is 2.59. The smallest absolute Gasteiger partial charge is 0.231 e. The van der Waals surface area contributed by atoms with E-state index in [-0.39, 0.29) is 33.6 Å². The number of ketones is 1. The van der Waals surface area contributed by atoms with Crippen molar-refractivity contribution < 1.29 is 23.9 Å². The summed E-state index contributed by atoms with van der Waals surface area (Å²) in [6, 6.07) is 7.06. The van der Waals surface area contributed by atoms with Crippen LogP contribution in [0, 0.1) is 5.82 Å². The van der Waals surface area contributed by atoms with Crippen LogP contribution in [0.25, 0.3) is 6.08 Å². The van der Waals surface area contributed by atoms with Gasteiger partial charge in [-0.2, -0.15) is 0 Å². The molecule has 6 heteroatoms. The van der Waals surface area contributed by atoms with Crippen LogP contribution in [0.3, 0.4) is 0 Å². The van der Waals surface area contributed by atoms with Crippen molar-refractivity contribution in [2.24, 2.45) is 0 Å². The van der Waals surface area contributed by atoms with Gasteiger partial charge in [0.05, 0.1) is 24.7 Å². The number of halogens is 2. The number of carbonyl (C=O) groups is 1. The minimum absolute atomic E-state index is 0.0439. The van der Waals surface area contributed by atoms with Crippen molar-refractivity contribution in [1.29, 1.82) is 0 Å². The number of hydrogen-bond donors (Lipinski definition) is 1. The van der Waals surface area contributed by atoms with Crippen molar-refractivity contribution in [1.82, 2.24) is 0 Å². The highest BCUT2D eigenvalue weighted by atomic mass is 35.5. The lowest BCUT2D eigenvalue weighted by Gasteiger charge is -2.17. The van der Waals surface area contributed by atoms with Gasteiger partial charge in [-0.15, -0.1) is 0 Å². The van der Waals surface area contributed by atoms with Gasteiger partial charge in [0.1, 0.15) is 18.1 Å². The van der Waals surface area contributed by atoms with Crippen molar-refractivity contribution in [3.05, 3.63) is 63.6 Å². The van der Waals surface area contributed by atoms with Gasteiger partial charge >= 0.3 is 0 Å². The van der Waals surface area contributed by atoms with Gasteiger partial charge in [0.25, 0.3) is 0 Å². The number of benzene rings is 2. The van der Waals surface area contributed by atoms with Crippen LogP contribution in [0.15, 0.2) is 36.1 Å². The number of ether oxygens (including phenoxy) is 1. The molecule has 1 aliphatic rings. The van der Waals surface area contributed by atoms with Gasteiger partial charge < -0.3 is 14.7 Å². The van der Waals surface area contributed by atoms with Gasteiger partial charge in [-0.1, -0.05) is 29.5 Å². The van der Waals surface area contributed by atoms with Gasteiger partial charge in [-0.05, 0) is 24.3 Å². The first-order valence-corrected chi connectivity index (χ1v) is 7.76. The van der Waals surface area contributed by atoms with Crippen molar-refractivity contribution in [3.8, 4) is 11.5 Å². The molecule has 2 aromatic carbocycles. The molecule has 2 aromatic rings. The number of nitrogens with one attached hydrogen (secondary N) is 1. The Balaban J connectivity index is 2.07. The lowest BCUT2D eigenvalue weighted by Crippen LogP contribution is -3.04.